The number of hydrogen-bond donors (Lipinski definition) is 2. The number of phenolic OH excluding ortho intramolecular Hbond substituents is 1. The van der Waals surface area contributed by atoms with Gasteiger partial charge in [-0.3, -0.25) is 4.99 Å². The summed E-state index contributed by atoms with van der Waals surface area (Å²) in [6, 6.07) is 20.7. The van der Waals surface area contributed by atoms with Crippen LogP contribution in [0.1, 0.15) is 42.0 Å². The van der Waals surface area contributed by atoms with Gasteiger partial charge in [0.15, 0.2) is 11.5 Å². The third-order valence-electron chi connectivity index (χ3n) is 6.24. The standard InChI is InChI=1S/C27H25ClN2O2/c1-2-32-25-15-17(14-23(28)27(25)31)16-29-19-12-10-18(11-13-19)26-22-8-5-7-20(22)21-6-3-4-9-24(21)30-26/h3-7,9-16,20,22,26,30-31H,2,8H2,1H3/t20-,22+,26+/m1/s1. The van der Waals surface area contributed by atoms with Gasteiger partial charge in [0.2, 0.25) is 0 Å². The van der Waals surface area contributed by atoms with Gasteiger partial charge in [-0.2, -0.15) is 0 Å². The van der Waals surface area contributed by atoms with E-state index >= 15 is 0 Å². The highest BCUT2D eigenvalue weighted by Crippen LogP contribution is 2.49. The summed E-state index contributed by atoms with van der Waals surface area (Å²) < 4.78 is 5.44. The van der Waals surface area contributed by atoms with Crippen LogP contribution in [0.2, 0.25) is 5.02 Å². The molecule has 3 aromatic rings. The van der Waals surface area contributed by atoms with E-state index in [-0.39, 0.29) is 16.8 Å². The molecule has 0 fully saturated rings. The van der Waals surface area contributed by atoms with Crippen molar-refractivity contribution in [3.8, 4) is 11.5 Å². The number of rotatable bonds is 5. The van der Waals surface area contributed by atoms with Crippen molar-refractivity contribution in [3.63, 3.8) is 0 Å². The lowest BCUT2D eigenvalue weighted by Gasteiger charge is -2.37. The van der Waals surface area contributed by atoms with Crippen LogP contribution < -0.4 is 10.1 Å². The fraction of sp³-hybridized carbons (Fsp3) is 0.222. The number of ether oxygens (including phenoxy) is 1. The van der Waals surface area contributed by atoms with E-state index in [1.807, 2.05) is 19.1 Å². The number of hydrogen-bond acceptors (Lipinski definition) is 4. The van der Waals surface area contributed by atoms with Crippen molar-refractivity contribution in [1.82, 2.24) is 0 Å². The molecular weight excluding hydrogens is 420 g/mol. The molecule has 1 aliphatic heterocycles. The van der Waals surface area contributed by atoms with Crippen molar-refractivity contribution >= 4 is 29.2 Å². The molecule has 3 atom stereocenters. The van der Waals surface area contributed by atoms with Gasteiger partial charge in [0.1, 0.15) is 0 Å². The molecule has 4 nitrogen and oxygen atoms in total. The van der Waals surface area contributed by atoms with Gasteiger partial charge in [-0.15, -0.1) is 0 Å². The summed E-state index contributed by atoms with van der Waals surface area (Å²) in [4.78, 5) is 4.58. The molecule has 1 aliphatic carbocycles. The first-order chi connectivity index (χ1) is 15.6. The molecule has 0 saturated carbocycles. The number of nitrogens with one attached hydrogen (secondary N) is 1. The SMILES string of the molecule is CCOc1cc(C=Nc2ccc([C@@H]3Nc4ccccc4[C@H]4C=CC[C@@H]43)cc2)cc(Cl)c1O. The predicted octanol–water partition coefficient (Wildman–Crippen LogP) is 7.02. The molecular formula is C27H25ClN2O2. The second kappa shape index (κ2) is 8.71. The largest absolute Gasteiger partial charge is 0.503 e. The molecule has 2 N–H and O–H groups in total. The number of aliphatic imine (C=N–C) groups is 1. The van der Waals surface area contributed by atoms with Crippen molar-refractivity contribution in [3.05, 3.63) is 94.5 Å². The third kappa shape index (κ3) is 3.87. The Morgan fingerprint density at radius 2 is 1.97 bits per heavy atom. The van der Waals surface area contributed by atoms with Crippen molar-refractivity contribution in [2.24, 2.45) is 10.9 Å². The predicted molar refractivity (Wildman–Crippen MR) is 131 cm³/mol. The quantitative estimate of drug-likeness (QED) is 0.328. The molecule has 1 heterocycles. The second-order valence-corrected chi connectivity index (χ2v) is 8.60. The lowest BCUT2D eigenvalue weighted by Crippen LogP contribution is -2.28. The molecule has 5 heteroatoms. The van der Waals surface area contributed by atoms with Crippen LogP contribution in [-0.4, -0.2) is 17.9 Å². The van der Waals surface area contributed by atoms with Crippen molar-refractivity contribution in [1.29, 1.82) is 0 Å². The van der Waals surface area contributed by atoms with Gasteiger partial charge in [-0.1, -0.05) is 54.1 Å². The minimum Gasteiger partial charge on any atom is -0.503 e. The van der Waals surface area contributed by atoms with Crippen LogP contribution in [0.4, 0.5) is 11.4 Å². The van der Waals surface area contributed by atoms with Gasteiger partial charge in [0.25, 0.3) is 0 Å². The minimum atomic E-state index is -0.0451. The summed E-state index contributed by atoms with van der Waals surface area (Å²) in [6.07, 6.45) is 7.48. The number of anilines is 1. The molecule has 0 amide bonds. The number of fused-ring (bicyclic) bond motifs is 3. The lowest BCUT2D eigenvalue weighted by molar-refractivity contribution is 0.318. The van der Waals surface area contributed by atoms with Crippen LogP contribution in [0.25, 0.3) is 0 Å². The van der Waals surface area contributed by atoms with Crippen LogP contribution in [0.3, 0.4) is 0 Å². The Morgan fingerprint density at radius 3 is 2.78 bits per heavy atom. The number of phenols is 1. The van der Waals surface area contributed by atoms with Gasteiger partial charge in [-0.05, 0) is 66.3 Å². The number of nitrogens with zero attached hydrogens (tertiary/aromatic N) is 1. The molecule has 0 radical (unpaired) electrons. The molecule has 0 saturated heterocycles. The van der Waals surface area contributed by atoms with Crippen LogP contribution >= 0.6 is 11.6 Å². The fourth-order valence-electron chi connectivity index (χ4n) is 4.72. The maximum Gasteiger partial charge on any atom is 0.176 e. The Bertz CT molecular complexity index is 1190. The Hall–Kier alpha value is -3.24. The first-order valence-electron chi connectivity index (χ1n) is 11.0. The Balaban J connectivity index is 1.36. The molecule has 0 aromatic heterocycles. The summed E-state index contributed by atoms with van der Waals surface area (Å²) in [6.45, 7) is 2.31. The Kier molecular flexibility index (Phi) is 5.62. The smallest absolute Gasteiger partial charge is 0.176 e. The average Bonchev–Trinajstić information content (AvgIpc) is 3.31. The maximum absolute atomic E-state index is 10.0. The van der Waals surface area contributed by atoms with Crippen molar-refractivity contribution < 1.29 is 9.84 Å². The number of benzene rings is 3. The van der Waals surface area contributed by atoms with Crippen molar-refractivity contribution in [2.75, 3.05) is 11.9 Å². The highest BCUT2D eigenvalue weighted by molar-refractivity contribution is 6.32. The molecule has 0 bridgehead atoms. The van der Waals surface area contributed by atoms with E-state index in [1.165, 1.54) is 16.8 Å². The first-order valence-corrected chi connectivity index (χ1v) is 11.3. The average molecular weight is 445 g/mol. The molecule has 32 heavy (non-hydrogen) atoms. The van der Waals surface area contributed by atoms with Gasteiger partial charge in [0, 0.05) is 17.8 Å². The number of halogens is 1. The third-order valence-corrected chi connectivity index (χ3v) is 6.53. The summed E-state index contributed by atoms with van der Waals surface area (Å²) in [5.74, 6) is 1.31. The van der Waals surface area contributed by atoms with E-state index in [2.05, 4.69) is 58.9 Å². The molecule has 5 rings (SSSR count). The summed E-state index contributed by atoms with van der Waals surface area (Å²) >= 11 is 6.12. The maximum atomic E-state index is 10.0. The number of aromatic hydroxyl groups is 1. The highest BCUT2D eigenvalue weighted by atomic mass is 35.5. The van der Waals surface area contributed by atoms with Gasteiger partial charge >= 0.3 is 0 Å². The first kappa shape index (κ1) is 20.7. The van der Waals surface area contributed by atoms with Gasteiger partial charge in [-0.25, -0.2) is 0 Å². The zero-order valence-corrected chi connectivity index (χ0v) is 18.6. The summed E-state index contributed by atoms with van der Waals surface area (Å²) in [7, 11) is 0. The van der Waals surface area contributed by atoms with Crippen LogP contribution in [0.15, 0.2) is 77.8 Å². The van der Waals surface area contributed by atoms with Crippen LogP contribution in [-0.2, 0) is 0 Å². The van der Waals surface area contributed by atoms with E-state index in [9.17, 15) is 5.11 Å². The van der Waals surface area contributed by atoms with E-state index < -0.39 is 0 Å². The Labute approximate surface area is 193 Å². The van der Waals surface area contributed by atoms with E-state index in [1.54, 1.807) is 18.3 Å². The minimum absolute atomic E-state index is 0.0451. The van der Waals surface area contributed by atoms with Crippen LogP contribution in [0, 0.1) is 5.92 Å². The molecule has 0 unspecified atom stereocenters. The highest BCUT2D eigenvalue weighted by Gasteiger charge is 2.37. The van der Waals surface area contributed by atoms with Gasteiger partial charge in [0.05, 0.1) is 23.4 Å². The normalized spacial score (nSPS) is 21.2. The Morgan fingerprint density at radius 1 is 1.16 bits per heavy atom. The van der Waals surface area contributed by atoms with Crippen molar-refractivity contribution in [2.45, 2.75) is 25.3 Å². The summed E-state index contributed by atoms with van der Waals surface area (Å²) in [5, 5.41) is 14.0. The van der Waals surface area contributed by atoms with E-state index in [4.69, 9.17) is 16.3 Å². The van der Waals surface area contributed by atoms with Crippen LogP contribution in [0.5, 0.6) is 11.5 Å². The lowest BCUT2D eigenvalue weighted by atomic mass is 9.77. The molecule has 2 aliphatic rings. The number of para-hydroxylation sites is 1. The zero-order valence-electron chi connectivity index (χ0n) is 17.8. The monoisotopic (exact) mass is 444 g/mol. The fourth-order valence-corrected chi connectivity index (χ4v) is 4.94. The van der Waals surface area contributed by atoms with Gasteiger partial charge < -0.3 is 15.2 Å². The molecule has 0 spiro atoms. The number of allylic oxidation sites excluding steroid dienone is 2. The summed E-state index contributed by atoms with van der Waals surface area (Å²) in [5.41, 5.74) is 5.51. The molecule has 3 aromatic carbocycles. The van der Waals surface area contributed by atoms with E-state index in [0.717, 1.165) is 17.7 Å². The van der Waals surface area contributed by atoms with E-state index in [0.29, 0.717) is 24.2 Å². The zero-order chi connectivity index (χ0) is 22.1. The second-order valence-electron chi connectivity index (χ2n) is 8.19. The topological polar surface area (TPSA) is 53.8 Å². The molecule has 162 valence electrons.